The normalized spacial score (nSPS) is 10.7. The van der Waals surface area contributed by atoms with Crippen molar-refractivity contribution in [3.8, 4) is 29.4 Å². The average molecular weight is 410 g/mol. The molecule has 6 heteroatoms. The van der Waals surface area contributed by atoms with Crippen LogP contribution >= 0.6 is 23.2 Å². The van der Waals surface area contributed by atoms with E-state index in [-0.39, 0.29) is 5.54 Å². The van der Waals surface area contributed by atoms with E-state index in [0.717, 1.165) is 5.56 Å². The third kappa shape index (κ3) is 4.87. The number of halogens is 2. The molecule has 0 aliphatic carbocycles. The lowest BCUT2D eigenvalue weighted by Gasteiger charge is -2.18. The van der Waals surface area contributed by atoms with E-state index >= 15 is 0 Å². The fraction of sp³-hybridized carbons (Fsp3) is 0.182. The van der Waals surface area contributed by atoms with Crippen molar-refractivity contribution in [3.05, 3.63) is 75.5 Å². The molecule has 0 atom stereocenters. The van der Waals surface area contributed by atoms with Gasteiger partial charge in [0.25, 0.3) is 0 Å². The van der Waals surface area contributed by atoms with Gasteiger partial charge in [0.15, 0.2) is 0 Å². The van der Waals surface area contributed by atoms with E-state index < -0.39 is 0 Å². The van der Waals surface area contributed by atoms with Crippen molar-refractivity contribution >= 4 is 23.2 Å². The fourth-order valence-corrected chi connectivity index (χ4v) is 2.75. The molecular formula is C22H17Cl2N3O. The van der Waals surface area contributed by atoms with Crippen molar-refractivity contribution in [2.45, 2.75) is 26.3 Å². The van der Waals surface area contributed by atoms with Crippen molar-refractivity contribution in [2.75, 3.05) is 0 Å². The van der Waals surface area contributed by atoms with Gasteiger partial charge in [0.05, 0.1) is 22.2 Å². The zero-order chi connectivity index (χ0) is 20.3. The van der Waals surface area contributed by atoms with Crippen LogP contribution in [0.4, 0.5) is 0 Å². The minimum absolute atomic E-state index is 0.0968. The lowest BCUT2D eigenvalue weighted by atomic mass is 10.1. The molecule has 3 rings (SSSR count). The first kappa shape index (κ1) is 19.8. The van der Waals surface area contributed by atoms with Gasteiger partial charge in [0.1, 0.15) is 17.2 Å². The van der Waals surface area contributed by atoms with Crippen LogP contribution in [0.1, 0.15) is 37.6 Å². The van der Waals surface area contributed by atoms with Gasteiger partial charge in [-0.3, -0.25) is 4.68 Å². The largest absolute Gasteiger partial charge is 0.456 e. The standard InChI is InChI=1S/C22H17Cl2N3O/c1-22(2,3)27-9-8-18(26-27)6-4-15-5-7-20(24)21(12-15)28-19-11-16(14-25)10-17(23)13-19/h5,7-13H,1-3H3. The number of hydrogen-bond acceptors (Lipinski definition) is 3. The smallest absolute Gasteiger partial charge is 0.147 e. The number of aromatic nitrogens is 2. The lowest BCUT2D eigenvalue weighted by molar-refractivity contribution is 0.355. The first-order chi connectivity index (χ1) is 13.2. The summed E-state index contributed by atoms with van der Waals surface area (Å²) in [4.78, 5) is 0. The molecule has 0 fully saturated rings. The topological polar surface area (TPSA) is 50.8 Å². The Balaban J connectivity index is 1.86. The van der Waals surface area contributed by atoms with Crippen LogP contribution < -0.4 is 4.74 Å². The summed E-state index contributed by atoms with van der Waals surface area (Å²) < 4.78 is 7.69. The van der Waals surface area contributed by atoms with Crippen LogP contribution in [0.5, 0.6) is 11.5 Å². The molecule has 1 heterocycles. The van der Waals surface area contributed by atoms with E-state index in [0.29, 0.717) is 32.8 Å². The summed E-state index contributed by atoms with van der Waals surface area (Å²) in [5.41, 5.74) is 1.72. The molecule has 0 saturated carbocycles. The van der Waals surface area contributed by atoms with Crippen LogP contribution in [0.15, 0.2) is 48.7 Å². The van der Waals surface area contributed by atoms with Crippen molar-refractivity contribution in [1.29, 1.82) is 5.26 Å². The average Bonchev–Trinajstić information content (AvgIpc) is 3.11. The minimum atomic E-state index is -0.0968. The van der Waals surface area contributed by atoms with Crippen LogP contribution in [-0.4, -0.2) is 9.78 Å². The zero-order valence-corrected chi connectivity index (χ0v) is 17.1. The van der Waals surface area contributed by atoms with Crippen molar-refractivity contribution in [1.82, 2.24) is 9.78 Å². The third-order valence-electron chi connectivity index (χ3n) is 3.77. The number of hydrogen-bond donors (Lipinski definition) is 0. The van der Waals surface area contributed by atoms with Gasteiger partial charge in [-0.25, -0.2) is 0 Å². The molecule has 0 amide bonds. The Kier molecular flexibility index (Phi) is 5.66. The summed E-state index contributed by atoms with van der Waals surface area (Å²) in [7, 11) is 0. The summed E-state index contributed by atoms with van der Waals surface area (Å²) >= 11 is 12.3. The first-order valence-electron chi connectivity index (χ1n) is 8.51. The molecule has 28 heavy (non-hydrogen) atoms. The molecule has 0 unspecified atom stereocenters. The molecule has 2 aromatic carbocycles. The van der Waals surface area contributed by atoms with Crippen LogP contribution in [-0.2, 0) is 5.54 Å². The second-order valence-electron chi connectivity index (χ2n) is 7.10. The van der Waals surface area contributed by atoms with Gasteiger partial charge < -0.3 is 4.74 Å². The van der Waals surface area contributed by atoms with E-state index in [1.807, 2.05) is 29.1 Å². The quantitative estimate of drug-likeness (QED) is 0.487. The highest BCUT2D eigenvalue weighted by Gasteiger charge is 2.13. The monoisotopic (exact) mass is 409 g/mol. The van der Waals surface area contributed by atoms with Crippen molar-refractivity contribution in [3.63, 3.8) is 0 Å². The Morgan fingerprint density at radius 3 is 2.46 bits per heavy atom. The Bertz CT molecular complexity index is 1130. The van der Waals surface area contributed by atoms with Crippen LogP contribution in [0.25, 0.3) is 0 Å². The number of rotatable bonds is 2. The summed E-state index contributed by atoms with van der Waals surface area (Å²) in [5, 5.41) is 14.4. The van der Waals surface area contributed by atoms with Gasteiger partial charge in [-0.15, -0.1) is 0 Å². The molecule has 0 aliphatic rings. The van der Waals surface area contributed by atoms with E-state index in [9.17, 15) is 0 Å². The molecule has 140 valence electrons. The number of ether oxygens (including phenoxy) is 1. The fourth-order valence-electron chi connectivity index (χ4n) is 2.37. The molecule has 0 radical (unpaired) electrons. The molecule has 0 bridgehead atoms. The molecule has 4 nitrogen and oxygen atoms in total. The molecule has 0 saturated heterocycles. The molecular weight excluding hydrogens is 393 g/mol. The van der Waals surface area contributed by atoms with E-state index in [4.69, 9.17) is 33.2 Å². The second-order valence-corrected chi connectivity index (χ2v) is 7.94. The summed E-state index contributed by atoms with van der Waals surface area (Å²) in [6.07, 6.45) is 1.91. The first-order valence-corrected chi connectivity index (χ1v) is 9.26. The van der Waals surface area contributed by atoms with Crippen LogP contribution in [0.3, 0.4) is 0 Å². The van der Waals surface area contributed by atoms with Crippen LogP contribution in [0.2, 0.25) is 10.0 Å². The maximum Gasteiger partial charge on any atom is 0.147 e. The second kappa shape index (κ2) is 7.98. The van der Waals surface area contributed by atoms with Crippen molar-refractivity contribution < 1.29 is 4.74 Å². The Morgan fingerprint density at radius 2 is 1.79 bits per heavy atom. The maximum absolute atomic E-state index is 9.07. The van der Waals surface area contributed by atoms with E-state index in [2.05, 4.69) is 37.7 Å². The number of nitriles is 1. The Morgan fingerprint density at radius 1 is 1.00 bits per heavy atom. The van der Waals surface area contributed by atoms with Gasteiger partial charge in [0.2, 0.25) is 0 Å². The predicted molar refractivity (Wildman–Crippen MR) is 111 cm³/mol. The summed E-state index contributed by atoms with van der Waals surface area (Å²) in [6, 6.07) is 14.0. The van der Waals surface area contributed by atoms with Crippen LogP contribution in [0, 0.1) is 23.2 Å². The van der Waals surface area contributed by atoms with Gasteiger partial charge in [-0.1, -0.05) is 29.1 Å². The molecule has 0 spiro atoms. The maximum atomic E-state index is 9.07. The SMILES string of the molecule is CC(C)(C)n1ccc(C#Cc2ccc(Cl)c(Oc3cc(Cl)cc(C#N)c3)c2)n1. The Hall–Kier alpha value is -2.92. The summed E-state index contributed by atoms with van der Waals surface area (Å²) in [6.45, 7) is 6.23. The summed E-state index contributed by atoms with van der Waals surface area (Å²) in [5.74, 6) is 6.98. The number of nitrogens with zero attached hydrogens (tertiary/aromatic N) is 3. The van der Waals surface area contributed by atoms with Gasteiger partial charge in [0, 0.05) is 16.8 Å². The van der Waals surface area contributed by atoms with Crippen molar-refractivity contribution in [2.24, 2.45) is 0 Å². The van der Waals surface area contributed by atoms with E-state index in [1.54, 1.807) is 30.3 Å². The predicted octanol–water partition coefficient (Wildman–Crippen LogP) is 6.01. The molecule has 3 aromatic rings. The van der Waals surface area contributed by atoms with Gasteiger partial charge in [-0.2, -0.15) is 10.4 Å². The Labute approximate surface area is 174 Å². The van der Waals surface area contributed by atoms with Gasteiger partial charge in [-0.05, 0) is 69.2 Å². The number of benzene rings is 2. The highest BCUT2D eigenvalue weighted by Crippen LogP contribution is 2.32. The minimum Gasteiger partial charge on any atom is -0.456 e. The van der Waals surface area contributed by atoms with E-state index in [1.165, 1.54) is 0 Å². The highest BCUT2D eigenvalue weighted by molar-refractivity contribution is 6.32. The zero-order valence-electron chi connectivity index (χ0n) is 15.6. The molecule has 1 aromatic heterocycles. The van der Waals surface area contributed by atoms with Gasteiger partial charge >= 0.3 is 0 Å². The third-order valence-corrected chi connectivity index (χ3v) is 4.30. The molecule has 0 N–H and O–H groups in total. The highest BCUT2D eigenvalue weighted by atomic mass is 35.5. The lowest BCUT2D eigenvalue weighted by Crippen LogP contribution is -2.22. The molecule has 0 aliphatic heterocycles.